The van der Waals surface area contributed by atoms with E-state index in [0.717, 1.165) is 25.1 Å². The van der Waals surface area contributed by atoms with Crippen LogP contribution in [0.2, 0.25) is 0 Å². The van der Waals surface area contributed by atoms with E-state index >= 15 is 0 Å². The molecule has 0 aliphatic rings. The normalized spacial score (nSPS) is 10.3. The molecule has 5 nitrogen and oxygen atoms in total. The van der Waals surface area contributed by atoms with Gasteiger partial charge in [0.25, 0.3) is 0 Å². The number of aliphatic hydroxyl groups is 1. The number of aromatic nitrogens is 2. The maximum absolute atomic E-state index is 11.3. The van der Waals surface area contributed by atoms with Crippen molar-refractivity contribution in [1.82, 2.24) is 15.3 Å². The number of aromatic amines is 1. The molecule has 0 aromatic carbocycles. The van der Waals surface area contributed by atoms with Crippen molar-refractivity contribution in [3.05, 3.63) is 18.2 Å². The summed E-state index contributed by atoms with van der Waals surface area (Å²) in [6.45, 7) is 0.838. The van der Waals surface area contributed by atoms with E-state index in [1.165, 1.54) is 0 Å². The summed E-state index contributed by atoms with van der Waals surface area (Å²) in [5.41, 5.74) is 0. The van der Waals surface area contributed by atoms with Crippen LogP contribution in [-0.4, -0.2) is 34.1 Å². The molecule has 0 saturated heterocycles. The number of carbonyl (C=O) groups excluding carboxylic acids is 1. The number of aryl methyl sites for hydroxylation is 1. The standard InChI is InChI=1S/C11H19N3O2/c15-9-2-1-5-11(16)14-6-3-4-10-12-7-8-13-10/h7-8,15H,1-6,9H2,(H,12,13)(H,14,16). The van der Waals surface area contributed by atoms with E-state index in [-0.39, 0.29) is 12.5 Å². The van der Waals surface area contributed by atoms with E-state index in [1.54, 1.807) is 12.4 Å². The first-order valence-electron chi connectivity index (χ1n) is 5.68. The van der Waals surface area contributed by atoms with E-state index in [9.17, 15) is 4.79 Å². The molecule has 5 heteroatoms. The van der Waals surface area contributed by atoms with E-state index in [0.29, 0.717) is 19.4 Å². The molecule has 0 unspecified atom stereocenters. The predicted octanol–water partition coefficient (Wildman–Crippen LogP) is 0.621. The highest BCUT2D eigenvalue weighted by atomic mass is 16.2. The summed E-state index contributed by atoms with van der Waals surface area (Å²) in [4.78, 5) is 18.4. The van der Waals surface area contributed by atoms with E-state index in [2.05, 4.69) is 15.3 Å². The van der Waals surface area contributed by atoms with Crippen LogP contribution in [0, 0.1) is 0 Å². The Labute approximate surface area is 95.3 Å². The van der Waals surface area contributed by atoms with Gasteiger partial charge < -0.3 is 15.4 Å². The molecule has 0 saturated carbocycles. The van der Waals surface area contributed by atoms with Gasteiger partial charge in [0.05, 0.1) is 0 Å². The minimum absolute atomic E-state index is 0.0629. The van der Waals surface area contributed by atoms with Gasteiger partial charge in [0.2, 0.25) is 5.91 Å². The molecule has 3 N–H and O–H groups in total. The first-order valence-corrected chi connectivity index (χ1v) is 5.68. The van der Waals surface area contributed by atoms with Crippen LogP contribution in [0.25, 0.3) is 0 Å². The zero-order valence-electron chi connectivity index (χ0n) is 9.41. The Bertz CT molecular complexity index is 285. The summed E-state index contributed by atoms with van der Waals surface area (Å²) >= 11 is 0. The quantitative estimate of drug-likeness (QED) is 0.567. The molecule has 16 heavy (non-hydrogen) atoms. The third-order valence-electron chi connectivity index (χ3n) is 2.28. The molecule has 90 valence electrons. The molecule has 1 heterocycles. The van der Waals surface area contributed by atoms with E-state index < -0.39 is 0 Å². The lowest BCUT2D eigenvalue weighted by atomic mass is 10.2. The van der Waals surface area contributed by atoms with Crippen molar-refractivity contribution in [3.8, 4) is 0 Å². The molecule has 0 spiro atoms. The summed E-state index contributed by atoms with van der Waals surface area (Å²) in [5.74, 6) is 1.02. The van der Waals surface area contributed by atoms with Gasteiger partial charge in [0, 0.05) is 38.4 Å². The number of rotatable bonds is 8. The Morgan fingerprint density at radius 1 is 1.44 bits per heavy atom. The van der Waals surface area contributed by atoms with Crippen molar-refractivity contribution >= 4 is 5.91 Å². The highest BCUT2D eigenvalue weighted by molar-refractivity contribution is 5.75. The number of hydrogen-bond donors (Lipinski definition) is 3. The fourth-order valence-corrected chi connectivity index (χ4v) is 1.40. The monoisotopic (exact) mass is 225 g/mol. The number of hydrogen-bond acceptors (Lipinski definition) is 3. The lowest BCUT2D eigenvalue weighted by Crippen LogP contribution is -2.24. The summed E-state index contributed by atoms with van der Waals surface area (Å²) in [6.07, 6.45) is 7.20. The Hall–Kier alpha value is -1.36. The molecule has 1 rings (SSSR count). The minimum atomic E-state index is 0.0629. The zero-order chi connectivity index (χ0) is 11.6. The largest absolute Gasteiger partial charge is 0.396 e. The van der Waals surface area contributed by atoms with Gasteiger partial charge in [-0.3, -0.25) is 4.79 Å². The van der Waals surface area contributed by atoms with Crippen molar-refractivity contribution in [1.29, 1.82) is 0 Å². The molecule has 0 aliphatic carbocycles. The third kappa shape index (κ3) is 5.50. The second-order valence-corrected chi connectivity index (χ2v) is 3.67. The number of nitrogens with one attached hydrogen (secondary N) is 2. The molecule has 1 amide bonds. The fraction of sp³-hybridized carbons (Fsp3) is 0.636. The second-order valence-electron chi connectivity index (χ2n) is 3.67. The van der Waals surface area contributed by atoms with Crippen LogP contribution in [0.15, 0.2) is 12.4 Å². The summed E-state index contributed by atoms with van der Waals surface area (Å²) in [5, 5.41) is 11.4. The number of unbranched alkanes of at least 4 members (excludes halogenated alkanes) is 1. The molecule has 1 aromatic rings. The predicted molar refractivity (Wildman–Crippen MR) is 60.9 cm³/mol. The van der Waals surface area contributed by atoms with E-state index in [1.807, 2.05) is 0 Å². The van der Waals surface area contributed by atoms with Crippen LogP contribution in [0.5, 0.6) is 0 Å². The average Bonchev–Trinajstić information content (AvgIpc) is 2.78. The second kappa shape index (κ2) is 7.87. The Morgan fingerprint density at radius 3 is 3.00 bits per heavy atom. The zero-order valence-corrected chi connectivity index (χ0v) is 9.41. The minimum Gasteiger partial charge on any atom is -0.396 e. The summed E-state index contributed by atoms with van der Waals surface area (Å²) < 4.78 is 0. The highest BCUT2D eigenvalue weighted by Crippen LogP contribution is 1.95. The van der Waals surface area contributed by atoms with Crippen molar-refractivity contribution in [2.45, 2.75) is 32.1 Å². The lowest BCUT2D eigenvalue weighted by Gasteiger charge is -2.03. The molecule has 0 bridgehead atoms. The first kappa shape index (κ1) is 12.7. The van der Waals surface area contributed by atoms with Gasteiger partial charge in [-0.15, -0.1) is 0 Å². The van der Waals surface area contributed by atoms with Crippen molar-refractivity contribution in [2.75, 3.05) is 13.2 Å². The van der Waals surface area contributed by atoms with Crippen LogP contribution in [0.1, 0.15) is 31.5 Å². The van der Waals surface area contributed by atoms with Crippen molar-refractivity contribution < 1.29 is 9.90 Å². The topological polar surface area (TPSA) is 78.0 Å². The first-order chi connectivity index (χ1) is 7.83. The van der Waals surface area contributed by atoms with Crippen molar-refractivity contribution in [2.24, 2.45) is 0 Å². The molecule has 0 radical (unpaired) electrons. The fourth-order valence-electron chi connectivity index (χ4n) is 1.40. The average molecular weight is 225 g/mol. The van der Waals surface area contributed by atoms with Gasteiger partial charge in [0.1, 0.15) is 5.82 Å². The van der Waals surface area contributed by atoms with Crippen LogP contribution in [0.3, 0.4) is 0 Å². The maximum Gasteiger partial charge on any atom is 0.219 e. The molecule has 0 fully saturated rings. The number of imidazole rings is 1. The van der Waals surface area contributed by atoms with Gasteiger partial charge in [-0.2, -0.15) is 0 Å². The number of aliphatic hydroxyl groups excluding tert-OH is 1. The smallest absolute Gasteiger partial charge is 0.219 e. The molecule has 0 atom stereocenters. The van der Waals surface area contributed by atoms with Crippen LogP contribution in [0.4, 0.5) is 0 Å². The molecular weight excluding hydrogens is 206 g/mol. The number of amides is 1. The van der Waals surface area contributed by atoms with Crippen LogP contribution >= 0.6 is 0 Å². The number of carbonyl (C=O) groups is 1. The van der Waals surface area contributed by atoms with Gasteiger partial charge in [-0.25, -0.2) is 4.98 Å². The molecular formula is C11H19N3O2. The number of H-pyrrole nitrogens is 1. The van der Waals surface area contributed by atoms with Crippen molar-refractivity contribution in [3.63, 3.8) is 0 Å². The van der Waals surface area contributed by atoms with Gasteiger partial charge >= 0.3 is 0 Å². The van der Waals surface area contributed by atoms with Gasteiger partial charge in [-0.05, 0) is 19.3 Å². The SMILES string of the molecule is O=C(CCCCO)NCCCc1ncc[nH]1. The summed E-state index contributed by atoms with van der Waals surface area (Å²) in [7, 11) is 0. The lowest BCUT2D eigenvalue weighted by molar-refractivity contribution is -0.121. The summed E-state index contributed by atoms with van der Waals surface area (Å²) in [6, 6.07) is 0. The Kier molecular flexibility index (Phi) is 6.25. The highest BCUT2D eigenvalue weighted by Gasteiger charge is 2.00. The van der Waals surface area contributed by atoms with Crippen LogP contribution < -0.4 is 5.32 Å². The molecule has 0 aliphatic heterocycles. The number of nitrogens with zero attached hydrogens (tertiary/aromatic N) is 1. The van der Waals surface area contributed by atoms with E-state index in [4.69, 9.17) is 5.11 Å². The van der Waals surface area contributed by atoms with Gasteiger partial charge in [0.15, 0.2) is 0 Å². The maximum atomic E-state index is 11.3. The molecule has 1 aromatic heterocycles. The Balaban J connectivity index is 1.96. The van der Waals surface area contributed by atoms with Gasteiger partial charge in [-0.1, -0.05) is 0 Å². The Morgan fingerprint density at radius 2 is 2.31 bits per heavy atom. The van der Waals surface area contributed by atoms with Crippen LogP contribution in [-0.2, 0) is 11.2 Å². The third-order valence-corrected chi connectivity index (χ3v) is 2.28.